The van der Waals surface area contributed by atoms with Crippen molar-refractivity contribution in [1.29, 1.82) is 0 Å². The summed E-state index contributed by atoms with van der Waals surface area (Å²) in [6.07, 6.45) is 0.798. The van der Waals surface area contributed by atoms with Gasteiger partial charge in [-0.2, -0.15) is 4.31 Å². The molecule has 0 spiro atoms. The summed E-state index contributed by atoms with van der Waals surface area (Å²) >= 11 is 0. The fourth-order valence-electron chi connectivity index (χ4n) is 1.58. The average Bonchev–Trinajstić information content (AvgIpc) is 2.35. The minimum absolute atomic E-state index is 0.0969. The van der Waals surface area contributed by atoms with E-state index in [0.29, 0.717) is 13.0 Å². The lowest BCUT2D eigenvalue weighted by atomic mass is 10.3. The predicted molar refractivity (Wildman–Crippen MR) is 63.4 cm³/mol. The maximum atomic E-state index is 11.9. The van der Waals surface area contributed by atoms with Crippen LogP contribution in [-0.4, -0.2) is 55.3 Å². The molecule has 3 N–H and O–H groups in total. The van der Waals surface area contributed by atoms with E-state index in [1.165, 1.54) is 4.31 Å². The first-order chi connectivity index (χ1) is 8.01. The second kappa shape index (κ2) is 6.18. The van der Waals surface area contributed by atoms with Crippen LogP contribution in [0.1, 0.15) is 19.8 Å². The topological polar surface area (TPSA) is 105 Å². The SMILES string of the molecule is CCCCS(=O)(=O)N1CCOC(/C(N)=N/O)C1. The summed E-state index contributed by atoms with van der Waals surface area (Å²) < 4.78 is 30.4. The fourth-order valence-corrected chi connectivity index (χ4v) is 3.20. The highest BCUT2D eigenvalue weighted by Gasteiger charge is 2.30. The Morgan fingerprint density at radius 1 is 1.65 bits per heavy atom. The summed E-state index contributed by atoms with van der Waals surface area (Å²) in [7, 11) is -3.26. The molecule has 17 heavy (non-hydrogen) atoms. The van der Waals surface area contributed by atoms with Crippen molar-refractivity contribution in [3.8, 4) is 0 Å². The van der Waals surface area contributed by atoms with Gasteiger partial charge in [0.2, 0.25) is 10.0 Å². The second-order valence-corrected chi connectivity index (χ2v) is 6.00. The highest BCUT2D eigenvalue weighted by atomic mass is 32.2. The van der Waals surface area contributed by atoms with Gasteiger partial charge < -0.3 is 15.7 Å². The first-order valence-corrected chi connectivity index (χ1v) is 7.19. The van der Waals surface area contributed by atoms with Gasteiger partial charge in [-0.25, -0.2) is 8.42 Å². The molecule has 1 heterocycles. The predicted octanol–water partition coefficient (Wildman–Crippen LogP) is -0.436. The second-order valence-electron chi connectivity index (χ2n) is 3.91. The highest BCUT2D eigenvalue weighted by Crippen LogP contribution is 2.12. The Labute approximate surface area is 101 Å². The van der Waals surface area contributed by atoms with Crippen LogP contribution in [0.3, 0.4) is 0 Å². The molecule has 7 nitrogen and oxygen atoms in total. The number of unbranched alkanes of at least 4 members (excludes halogenated alkanes) is 1. The molecule has 1 aliphatic rings. The molecule has 0 radical (unpaired) electrons. The van der Waals surface area contributed by atoms with Crippen LogP contribution in [0.4, 0.5) is 0 Å². The Hall–Kier alpha value is -0.860. The minimum atomic E-state index is -3.26. The van der Waals surface area contributed by atoms with E-state index in [0.717, 1.165) is 6.42 Å². The van der Waals surface area contributed by atoms with Crippen LogP contribution in [0, 0.1) is 0 Å². The quantitative estimate of drug-likeness (QED) is 0.303. The maximum absolute atomic E-state index is 11.9. The van der Waals surface area contributed by atoms with Crippen molar-refractivity contribution in [3.63, 3.8) is 0 Å². The van der Waals surface area contributed by atoms with E-state index in [1.807, 2.05) is 6.92 Å². The van der Waals surface area contributed by atoms with Crippen LogP contribution in [0.25, 0.3) is 0 Å². The van der Waals surface area contributed by atoms with Crippen LogP contribution in [0.5, 0.6) is 0 Å². The fraction of sp³-hybridized carbons (Fsp3) is 0.889. The molecule has 0 aliphatic carbocycles. The Balaban J connectivity index is 2.66. The smallest absolute Gasteiger partial charge is 0.214 e. The molecule has 0 aromatic carbocycles. The molecule has 1 fully saturated rings. The number of ether oxygens (including phenoxy) is 1. The molecule has 0 amide bonds. The lowest BCUT2D eigenvalue weighted by Gasteiger charge is -2.31. The third kappa shape index (κ3) is 3.83. The van der Waals surface area contributed by atoms with Crippen molar-refractivity contribution in [2.75, 3.05) is 25.4 Å². The van der Waals surface area contributed by atoms with Crippen LogP contribution >= 0.6 is 0 Å². The number of sulfonamides is 1. The van der Waals surface area contributed by atoms with Crippen LogP contribution in [-0.2, 0) is 14.8 Å². The van der Waals surface area contributed by atoms with Gasteiger partial charge in [-0.1, -0.05) is 18.5 Å². The van der Waals surface area contributed by atoms with Crippen molar-refractivity contribution < 1.29 is 18.4 Å². The standard InChI is InChI=1S/C9H19N3O4S/c1-2-3-6-17(14,15)12-4-5-16-8(7-12)9(10)11-13/h8,13H,2-7H2,1H3,(H2,10,11). The van der Waals surface area contributed by atoms with E-state index in [9.17, 15) is 8.42 Å². The van der Waals surface area contributed by atoms with Crippen molar-refractivity contribution in [3.05, 3.63) is 0 Å². The number of amidine groups is 1. The van der Waals surface area contributed by atoms with Crippen LogP contribution < -0.4 is 5.73 Å². The molecular weight excluding hydrogens is 246 g/mol. The monoisotopic (exact) mass is 265 g/mol. The molecule has 0 saturated carbocycles. The Bertz CT molecular complexity index is 368. The average molecular weight is 265 g/mol. The summed E-state index contributed by atoms with van der Waals surface area (Å²) in [5.41, 5.74) is 5.41. The lowest BCUT2D eigenvalue weighted by Crippen LogP contribution is -2.50. The zero-order chi connectivity index (χ0) is 12.9. The number of nitrogens with zero attached hydrogens (tertiary/aromatic N) is 2. The van der Waals surface area contributed by atoms with Gasteiger partial charge in [0.05, 0.1) is 12.4 Å². The molecule has 8 heteroatoms. The third-order valence-electron chi connectivity index (χ3n) is 2.62. The zero-order valence-corrected chi connectivity index (χ0v) is 10.7. The van der Waals surface area contributed by atoms with Gasteiger partial charge in [0, 0.05) is 13.1 Å². The molecule has 1 aliphatic heterocycles. The van der Waals surface area contributed by atoms with Crippen molar-refractivity contribution in [2.45, 2.75) is 25.9 Å². The van der Waals surface area contributed by atoms with Crippen molar-refractivity contribution >= 4 is 15.9 Å². The van der Waals surface area contributed by atoms with Gasteiger partial charge in [-0.3, -0.25) is 0 Å². The van der Waals surface area contributed by atoms with Gasteiger partial charge in [-0.15, -0.1) is 0 Å². The number of rotatable bonds is 5. The number of morpholine rings is 1. The normalized spacial score (nSPS) is 23.8. The lowest BCUT2D eigenvalue weighted by molar-refractivity contribution is 0.0355. The summed E-state index contributed by atoms with van der Waals surface area (Å²) in [5, 5.41) is 11.4. The molecular formula is C9H19N3O4S. The molecule has 1 saturated heterocycles. The highest BCUT2D eigenvalue weighted by molar-refractivity contribution is 7.89. The summed E-state index contributed by atoms with van der Waals surface area (Å²) in [4.78, 5) is 0. The van der Waals surface area contributed by atoms with Crippen molar-refractivity contribution in [2.24, 2.45) is 10.9 Å². The van der Waals surface area contributed by atoms with E-state index in [2.05, 4.69) is 5.16 Å². The Kier molecular flexibility index (Phi) is 5.16. The molecule has 1 unspecified atom stereocenters. The van der Waals surface area contributed by atoms with E-state index in [-0.39, 0.29) is 24.7 Å². The largest absolute Gasteiger partial charge is 0.409 e. The van der Waals surface area contributed by atoms with Crippen molar-refractivity contribution in [1.82, 2.24) is 4.31 Å². The first kappa shape index (κ1) is 14.2. The number of nitrogens with two attached hydrogens (primary N) is 1. The van der Waals surface area contributed by atoms with E-state index < -0.39 is 16.1 Å². The third-order valence-corrected chi connectivity index (χ3v) is 4.55. The Morgan fingerprint density at radius 2 is 2.35 bits per heavy atom. The molecule has 1 rings (SSSR count). The van der Waals surface area contributed by atoms with Gasteiger partial charge >= 0.3 is 0 Å². The molecule has 0 aromatic heterocycles. The van der Waals surface area contributed by atoms with E-state index >= 15 is 0 Å². The van der Waals surface area contributed by atoms with Crippen LogP contribution in [0.2, 0.25) is 0 Å². The molecule has 1 atom stereocenters. The summed E-state index contributed by atoms with van der Waals surface area (Å²) in [6, 6.07) is 0. The number of hydrogen-bond acceptors (Lipinski definition) is 5. The number of oxime groups is 1. The molecule has 0 aromatic rings. The van der Waals surface area contributed by atoms with Gasteiger partial charge in [-0.05, 0) is 6.42 Å². The zero-order valence-electron chi connectivity index (χ0n) is 9.87. The van der Waals surface area contributed by atoms with Crippen LogP contribution in [0.15, 0.2) is 5.16 Å². The van der Waals surface area contributed by atoms with E-state index in [1.54, 1.807) is 0 Å². The molecule has 100 valence electrons. The molecule has 0 bridgehead atoms. The Morgan fingerprint density at radius 3 is 2.94 bits per heavy atom. The van der Waals surface area contributed by atoms with Gasteiger partial charge in [0.25, 0.3) is 0 Å². The maximum Gasteiger partial charge on any atom is 0.214 e. The first-order valence-electron chi connectivity index (χ1n) is 5.58. The van der Waals surface area contributed by atoms with Gasteiger partial charge in [0.15, 0.2) is 5.84 Å². The summed E-state index contributed by atoms with van der Waals surface area (Å²) in [5.74, 6) is 0.0345. The summed E-state index contributed by atoms with van der Waals surface area (Å²) in [6.45, 7) is 2.63. The number of hydrogen-bond donors (Lipinski definition) is 2. The minimum Gasteiger partial charge on any atom is -0.409 e. The van der Waals surface area contributed by atoms with Gasteiger partial charge in [0.1, 0.15) is 6.10 Å². The van der Waals surface area contributed by atoms with E-state index in [4.69, 9.17) is 15.7 Å².